The molecule has 0 bridgehead atoms. The van der Waals surface area contributed by atoms with E-state index in [2.05, 4.69) is 5.32 Å². The van der Waals surface area contributed by atoms with Gasteiger partial charge in [-0.2, -0.15) is 0 Å². The first-order valence-corrected chi connectivity index (χ1v) is 10.3. The van der Waals surface area contributed by atoms with Crippen molar-refractivity contribution in [1.29, 1.82) is 0 Å². The minimum atomic E-state index is -0.335. The van der Waals surface area contributed by atoms with Gasteiger partial charge in [-0.25, -0.2) is 0 Å². The molecule has 2 aliphatic rings. The number of fused-ring (bicyclic) bond motifs is 1. The Balaban J connectivity index is 1.48. The van der Waals surface area contributed by atoms with Gasteiger partial charge in [0.25, 0.3) is 11.8 Å². The number of hydrogen-bond donors (Lipinski definition) is 1. The zero-order valence-electron chi connectivity index (χ0n) is 16.2. The van der Waals surface area contributed by atoms with Crippen molar-refractivity contribution < 1.29 is 23.9 Å². The van der Waals surface area contributed by atoms with Crippen LogP contribution in [0.5, 0.6) is 11.5 Å². The van der Waals surface area contributed by atoms with Crippen LogP contribution in [0.4, 0.5) is 5.69 Å². The highest BCUT2D eigenvalue weighted by atomic mass is 35.5. The van der Waals surface area contributed by atoms with Crippen LogP contribution in [0.2, 0.25) is 0 Å². The number of carbonyl (C=O) groups excluding carboxylic acids is 3. The molecule has 0 aliphatic carbocycles. The highest BCUT2D eigenvalue weighted by Crippen LogP contribution is 2.31. The van der Waals surface area contributed by atoms with Gasteiger partial charge in [0.2, 0.25) is 5.91 Å². The third kappa shape index (κ3) is 4.32. The van der Waals surface area contributed by atoms with Gasteiger partial charge in [0, 0.05) is 30.7 Å². The third-order valence-electron chi connectivity index (χ3n) is 5.03. The summed E-state index contributed by atoms with van der Waals surface area (Å²) in [6.07, 6.45) is 1.91. The fourth-order valence-corrected chi connectivity index (χ4v) is 3.75. The van der Waals surface area contributed by atoms with Gasteiger partial charge < -0.3 is 14.8 Å². The summed E-state index contributed by atoms with van der Waals surface area (Å²) in [6, 6.07) is 11.7. The number of alkyl halides is 1. The molecule has 2 aliphatic heterocycles. The second-order valence-corrected chi connectivity index (χ2v) is 7.56. The number of carbonyl (C=O) groups is 3. The van der Waals surface area contributed by atoms with E-state index < -0.39 is 0 Å². The van der Waals surface area contributed by atoms with Crippen molar-refractivity contribution in [3.05, 3.63) is 53.6 Å². The standard InChI is InChI=1S/C22H21ClN2O5/c23-9-8-20(26)24-14-3-1-4-15(11-14)30-16-6-7-18-19(12-16)22(28)25(21(18)27)13-17-5-2-10-29-17/h1,3-4,6-7,11-12,17H,2,5,8-10,13H2,(H,24,26). The Hall–Kier alpha value is -2.90. The smallest absolute Gasteiger partial charge is 0.261 e. The van der Waals surface area contributed by atoms with Crippen LogP contribution in [0.15, 0.2) is 42.5 Å². The Bertz CT molecular complexity index is 987. The molecule has 7 nitrogen and oxygen atoms in total. The fraction of sp³-hybridized carbons (Fsp3) is 0.318. The van der Waals surface area contributed by atoms with Gasteiger partial charge in [0.1, 0.15) is 11.5 Å². The van der Waals surface area contributed by atoms with E-state index in [1.807, 2.05) is 0 Å². The highest BCUT2D eigenvalue weighted by Gasteiger charge is 2.37. The van der Waals surface area contributed by atoms with Gasteiger partial charge >= 0.3 is 0 Å². The summed E-state index contributed by atoms with van der Waals surface area (Å²) < 4.78 is 11.4. The molecule has 0 aromatic heterocycles. The first-order chi connectivity index (χ1) is 14.5. The Labute approximate surface area is 178 Å². The molecule has 1 fully saturated rings. The van der Waals surface area contributed by atoms with E-state index in [0.717, 1.165) is 12.8 Å². The topological polar surface area (TPSA) is 84.9 Å². The summed E-state index contributed by atoms with van der Waals surface area (Å²) in [5.74, 6) is 0.340. The third-order valence-corrected chi connectivity index (χ3v) is 5.22. The van der Waals surface area contributed by atoms with Crippen LogP contribution in [0.25, 0.3) is 0 Å². The van der Waals surface area contributed by atoms with Crippen molar-refractivity contribution in [2.75, 3.05) is 24.3 Å². The van der Waals surface area contributed by atoms with E-state index in [1.54, 1.807) is 42.5 Å². The maximum absolute atomic E-state index is 12.8. The Morgan fingerprint density at radius 3 is 2.70 bits per heavy atom. The summed E-state index contributed by atoms with van der Waals surface area (Å²) in [4.78, 5) is 38.4. The number of nitrogens with zero attached hydrogens (tertiary/aromatic N) is 1. The van der Waals surface area contributed by atoms with Crippen LogP contribution in [0.1, 0.15) is 40.0 Å². The average Bonchev–Trinajstić information content (AvgIpc) is 3.32. The van der Waals surface area contributed by atoms with E-state index in [-0.39, 0.29) is 42.7 Å². The molecule has 1 unspecified atom stereocenters. The SMILES string of the molecule is O=C(CCCl)Nc1cccc(Oc2ccc3c(c2)C(=O)N(CC2CCCO2)C3=O)c1. The van der Waals surface area contributed by atoms with Crippen LogP contribution < -0.4 is 10.1 Å². The number of rotatable bonds is 7. The van der Waals surface area contributed by atoms with Gasteiger partial charge in [-0.1, -0.05) is 6.07 Å². The minimum absolute atomic E-state index is 0.0975. The van der Waals surface area contributed by atoms with Gasteiger partial charge in [-0.05, 0) is 43.2 Å². The van der Waals surface area contributed by atoms with Crippen LogP contribution in [0.3, 0.4) is 0 Å². The monoisotopic (exact) mass is 428 g/mol. The lowest BCUT2D eigenvalue weighted by Gasteiger charge is -2.17. The second-order valence-electron chi connectivity index (χ2n) is 7.18. The van der Waals surface area contributed by atoms with E-state index in [4.69, 9.17) is 21.1 Å². The van der Waals surface area contributed by atoms with Crippen molar-refractivity contribution >= 4 is 35.0 Å². The van der Waals surface area contributed by atoms with Gasteiger partial charge in [0.05, 0.1) is 23.8 Å². The van der Waals surface area contributed by atoms with Crippen molar-refractivity contribution in [2.45, 2.75) is 25.4 Å². The molecule has 2 aromatic carbocycles. The van der Waals surface area contributed by atoms with Gasteiger partial charge in [-0.15, -0.1) is 11.6 Å². The molecular formula is C22H21ClN2O5. The van der Waals surface area contributed by atoms with E-state index in [1.165, 1.54) is 4.90 Å². The van der Waals surface area contributed by atoms with Crippen LogP contribution in [-0.4, -0.2) is 47.8 Å². The van der Waals surface area contributed by atoms with Crippen molar-refractivity contribution in [1.82, 2.24) is 4.90 Å². The number of halogens is 1. The van der Waals surface area contributed by atoms with E-state index in [9.17, 15) is 14.4 Å². The van der Waals surface area contributed by atoms with Crippen LogP contribution in [0, 0.1) is 0 Å². The summed E-state index contributed by atoms with van der Waals surface area (Å²) in [5.41, 5.74) is 1.27. The van der Waals surface area contributed by atoms with E-state index in [0.29, 0.717) is 34.9 Å². The number of imide groups is 1. The zero-order chi connectivity index (χ0) is 21.1. The molecule has 30 heavy (non-hydrogen) atoms. The lowest BCUT2D eigenvalue weighted by molar-refractivity contribution is -0.115. The number of amides is 3. The maximum atomic E-state index is 12.8. The van der Waals surface area contributed by atoms with Crippen LogP contribution >= 0.6 is 11.6 Å². The highest BCUT2D eigenvalue weighted by molar-refractivity contribution is 6.21. The quantitative estimate of drug-likeness (QED) is 0.535. The number of anilines is 1. The molecule has 0 saturated carbocycles. The summed E-state index contributed by atoms with van der Waals surface area (Å²) in [5, 5.41) is 2.74. The van der Waals surface area contributed by atoms with Gasteiger partial charge in [-0.3, -0.25) is 19.3 Å². The molecule has 156 valence electrons. The normalized spacial score (nSPS) is 17.9. The summed E-state index contributed by atoms with van der Waals surface area (Å²) in [6.45, 7) is 0.934. The predicted octanol–water partition coefficient (Wildman–Crippen LogP) is 3.82. The summed E-state index contributed by atoms with van der Waals surface area (Å²) >= 11 is 5.58. The molecule has 3 amide bonds. The molecule has 0 spiro atoms. The Morgan fingerprint density at radius 2 is 1.93 bits per heavy atom. The molecule has 1 saturated heterocycles. The maximum Gasteiger partial charge on any atom is 0.261 e. The van der Waals surface area contributed by atoms with Gasteiger partial charge in [0.15, 0.2) is 0 Å². The van der Waals surface area contributed by atoms with Crippen molar-refractivity contribution in [2.24, 2.45) is 0 Å². The number of benzene rings is 2. The molecule has 8 heteroatoms. The first kappa shape index (κ1) is 20.4. The number of nitrogens with one attached hydrogen (secondary N) is 1. The van der Waals surface area contributed by atoms with Crippen molar-refractivity contribution in [3.63, 3.8) is 0 Å². The van der Waals surface area contributed by atoms with Crippen LogP contribution in [-0.2, 0) is 9.53 Å². The van der Waals surface area contributed by atoms with Crippen molar-refractivity contribution in [3.8, 4) is 11.5 Å². The largest absolute Gasteiger partial charge is 0.457 e. The average molecular weight is 429 g/mol. The molecule has 4 rings (SSSR count). The molecule has 0 radical (unpaired) electrons. The minimum Gasteiger partial charge on any atom is -0.457 e. The summed E-state index contributed by atoms with van der Waals surface area (Å²) in [7, 11) is 0. The lowest BCUT2D eigenvalue weighted by atomic mass is 10.1. The Kier molecular flexibility index (Phi) is 6.01. The molecular weight excluding hydrogens is 408 g/mol. The second kappa shape index (κ2) is 8.85. The lowest BCUT2D eigenvalue weighted by Crippen LogP contribution is -2.36. The molecule has 1 atom stereocenters. The molecule has 1 N–H and O–H groups in total. The number of ether oxygens (including phenoxy) is 2. The molecule has 2 aromatic rings. The first-order valence-electron chi connectivity index (χ1n) is 9.81. The zero-order valence-corrected chi connectivity index (χ0v) is 17.0. The number of hydrogen-bond acceptors (Lipinski definition) is 5. The van der Waals surface area contributed by atoms with E-state index >= 15 is 0 Å². The Morgan fingerprint density at radius 1 is 1.13 bits per heavy atom. The fourth-order valence-electron chi connectivity index (χ4n) is 3.57. The molecule has 2 heterocycles. The predicted molar refractivity (Wildman–Crippen MR) is 111 cm³/mol.